The predicted molar refractivity (Wildman–Crippen MR) is 111 cm³/mol. The third kappa shape index (κ3) is 5.54. The Bertz CT molecular complexity index is 873. The summed E-state index contributed by atoms with van der Waals surface area (Å²) in [7, 11) is -3.55. The Morgan fingerprint density at radius 3 is 2.36 bits per heavy atom. The summed E-state index contributed by atoms with van der Waals surface area (Å²) in [6.45, 7) is 1.31. The third-order valence-corrected chi connectivity index (χ3v) is 6.67. The quantitative estimate of drug-likeness (QED) is 0.713. The summed E-state index contributed by atoms with van der Waals surface area (Å²) in [5.41, 5.74) is 2.02. The lowest BCUT2D eigenvalue weighted by Crippen LogP contribution is -2.43. The van der Waals surface area contributed by atoms with E-state index in [0.29, 0.717) is 24.5 Å². The van der Waals surface area contributed by atoms with Crippen LogP contribution in [-0.4, -0.2) is 50.0 Å². The van der Waals surface area contributed by atoms with Gasteiger partial charge in [0.1, 0.15) is 0 Å². The molecule has 0 aromatic heterocycles. The van der Waals surface area contributed by atoms with Crippen LogP contribution in [0.2, 0.25) is 0 Å². The Labute approximate surface area is 172 Å². The first-order valence-electron chi connectivity index (χ1n) is 9.05. The van der Waals surface area contributed by atoms with Crippen LogP contribution < -0.4 is 5.32 Å². The van der Waals surface area contributed by atoms with Crippen molar-refractivity contribution in [2.24, 2.45) is 5.92 Å². The average molecular weight is 425 g/mol. The molecule has 2 aromatic rings. The van der Waals surface area contributed by atoms with Crippen molar-refractivity contribution in [3.8, 4) is 11.1 Å². The number of halogens is 1. The van der Waals surface area contributed by atoms with Crippen molar-refractivity contribution in [3.05, 3.63) is 54.6 Å². The molecule has 1 saturated heterocycles. The lowest BCUT2D eigenvalue weighted by molar-refractivity contribution is -0.136. The van der Waals surface area contributed by atoms with E-state index in [1.165, 1.54) is 4.31 Å². The van der Waals surface area contributed by atoms with Crippen LogP contribution in [0, 0.1) is 5.92 Å². The second-order valence-electron chi connectivity index (χ2n) is 6.79. The van der Waals surface area contributed by atoms with E-state index in [1.54, 1.807) is 12.1 Å². The van der Waals surface area contributed by atoms with Crippen LogP contribution in [0.1, 0.15) is 12.8 Å². The van der Waals surface area contributed by atoms with Gasteiger partial charge in [-0.25, -0.2) is 8.42 Å². The van der Waals surface area contributed by atoms with Crippen LogP contribution in [0.5, 0.6) is 0 Å². The Balaban J connectivity index is 0.00000280. The van der Waals surface area contributed by atoms with Gasteiger partial charge in [-0.1, -0.05) is 42.5 Å². The largest absolute Gasteiger partial charge is 0.480 e. The maximum Gasteiger partial charge on any atom is 0.317 e. The summed E-state index contributed by atoms with van der Waals surface area (Å²) in [6.07, 6.45) is 1.67. The van der Waals surface area contributed by atoms with Crippen molar-refractivity contribution in [2.75, 3.05) is 26.2 Å². The predicted octanol–water partition coefficient (Wildman–Crippen LogP) is 2.85. The number of benzene rings is 2. The molecule has 152 valence electrons. The van der Waals surface area contributed by atoms with E-state index in [2.05, 4.69) is 5.32 Å². The van der Waals surface area contributed by atoms with Gasteiger partial charge in [0.2, 0.25) is 10.0 Å². The molecule has 1 heterocycles. The average Bonchev–Trinajstić information content (AvgIpc) is 2.69. The summed E-state index contributed by atoms with van der Waals surface area (Å²) >= 11 is 0. The van der Waals surface area contributed by atoms with E-state index in [0.717, 1.165) is 24.0 Å². The SMILES string of the molecule is Cl.O=C(O)CNCC1CCCN(S(=O)(=O)c2ccc(-c3ccccc3)cc2)C1. The fourth-order valence-electron chi connectivity index (χ4n) is 3.39. The number of carboxylic acids is 1. The van der Waals surface area contributed by atoms with Gasteiger partial charge in [-0.3, -0.25) is 4.79 Å². The smallest absolute Gasteiger partial charge is 0.317 e. The number of rotatable bonds is 7. The molecule has 1 atom stereocenters. The fraction of sp³-hybridized carbons (Fsp3) is 0.350. The number of nitrogens with zero attached hydrogens (tertiary/aromatic N) is 1. The number of sulfonamides is 1. The zero-order valence-corrected chi connectivity index (χ0v) is 17.1. The fourth-order valence-corrected chi connectivity index (χ4v) is 4.95. The highest BCUT2D eigenvalue weighted by Crippen LogP contribution is 2.26. The lowest BCUT2D eigenvalue weighted by Gasteiger charge is -2.32. The summed E-state index contributed by atoms with van der Waals surface area (Å²) in [4.78, 5) is 10.9. The molecule has 1 unspecified atom stereocenters. The number of hydrogen-bond acceptors (Lipinski definition) is 4. The van der Waals surface area contributed by atoms with Crippen molar-refractivity contribution in [1.82, 2.24) is 9.62 Å². The van der Waals surface area contributed by atoms with Crippen LogP contribution in [-0.2, 0) is 14.8 Å². The highest BCUT2D eigenvalue weighted by molar-refractivity contribution is 7.89. The van der Waals surface area contributed by atoms with Gasteiger partial charge in [0.25, 0.3) is 0 Å². The Morgan fingerprint density at radius 2 is 1.71 bits per heavy atom. The molecule has 0 radical (unpaired) electrons. The molecule has 2 aromatic carbocycles. The monoisotopic (exact) mass is 424 g/mol. The van der Waals surface area contributed by atoms with Crippen molar-refractivity contribution in [1.29, 1.82) is 0 Å². The van der Waals surface area contributed by atoms with E-state index in [1.807, 2.05) is 42.5 Å². The molecule has 0 bridgehead atoms. The van der Waals surface area contributed by atoms with E-state index in [4.69, 9.17) is 5.11 Å². The van der Waals surface area contributed by atoms with E-state index in [9.17, 15) is 13.2 Å². The molecule has 1 aliphatic heterocycles. The summed E-state index contributed by atoms with van der Waals surface area (Å²) in [5, 5.41) is 11.6. The molecular formula is C20H25ClN2O4S. The minimum absolute atomic E-state index is 0. The molecule has 2 N–H and O–H groups in total. The molecule has 1 fully saturated rings. The van der Waals surface area contributed by atoms with Gasteiger partial charge in [-0.15, -0.1) is 12.4 Å². The van der Waals surface area contributed by atoms with E-state index < -0.39 is 16.0 Å². The van der Waals surface area contributed by atoms with Crippen molar-refractivity contribution >= 4 is 28.4 Å². The Kier molecular flexibility index (Phi) is 8.00. The van der Waals surface area contributed by atoms with Crippen LogP contribution in [0.15, 0.2) is 59.5 Å². The van der Waals surface area contributed by atoms with Gasteiger partial charge in [-0.05, 0) is 48.6 Å². The molecule has 0 aliphatic carbocycles. The molecule has 0 amide bonds. The van der Waals surface area contributed by atoms with Crippen molar-refractivity contribution < 1.29 is 18.3 Å². The number of carbonyl (C=O) groups is 1. The minimum atomic E-state index is -3.55. The molecule has 0 saturated carbocycles. The second-order valence-corrected chi connectivity index (χ2v) is 8.72. The van der Waals surface area contributed by atoms with Gasteiger partial charge >= 0.3 is 5.97 Å². The first-order chi connectivity index (χ1) is 13.0. The van der Waals surface area contributed by atoms with E-state index >= 15 is 0 Å². The van der Waals surface area contributed by atoms with Crippen LogP contribution >= 0.6 is 12.4 Å². The van der Waals surface area contributed by atoms with Crippen molar-refractivity contribution in [3.63, 3.8) is 0 Å². The number of hydrogen-bond donors (Lipinski definition) is 2. The van der Waals surface area contributed by atoms with Gasteiger partial charge in [0, 0.05) is 13.1 Å². The zero-order chi connectivity index (χ0) is 19.3. The number of carboxylic acid groups (broad SMARTS) is 1. The Morgan fingerprint density at radius 1 is 1.07 bits per heavy atom. The number of nitrogens with one attached hydrogen (secondary N) is 1. The van der Waals surface area contributed by atoms with Crippen molar-refractivity contribution in [2.45, 2.75) is 17.7 Å². The molecule has 6 nitrogen and oxygen atoms in total. The van der Waals surface area contributed by atoms with E-state index in [-0.39, 0.29) is 24.9 Å². The molecular weight excluding hydrogens is 400 g/mol. The van der Waals surface area contributed by atoms with Crippen LogP contribution in [0.3, 0.4) is 0 Å². The summed E-state index contributed by atoms with van der Waals surface area (Å²) in [6, 6.07) is 16.8. The summed E-state index contributed by atoms with van der Waals surface area (Å²) < 4.78 is 27.5. The third-order valence-electron chi connectivity index (χ3n) is 4.79. The van der Waals surface area contributed by atoms with Gasteiger partial charge in [0.05, 0.1) is 11.4 Å². The molecule has 28 heavy (non-hydrogen) atoms. The van der Waals surface area contributed by atoms with Crippen LogP contribution in [0.25, 0.3) is 11.1 Å². The zero-order valence-electron chi connectivity index (χ0n) is 15.5. The maximum absolute atomic E-state index is 13.0. The van der Waals surface area contributed by atoms with Gasteiger partial charge in [0.15, 0.2) is 0 Å². The second kappa shape index (κ2) is 10.0. The number of piperidine rings is 1. The minimum Gasteiger partial charge on any atom is -0.480 e. The maximum atomic E-state index is 13.0. The molecule has 8 heteroatoms. The topological polar surface area (TPSA) is 86.7 Å². The Hall–Kier alpha value is -1.93. The normalized spacial score (nSPS) is 17.6. The van der Waals surface area contributed by atoms with Gasteiger partial charge in [-0.2, -0.15) is 4.31 Å². The highest BCUT2D eigenvalue weighted by atomic mass is 35.5. The van der Waals surface area contributed by atoms with Crippen LogP contribution in [0.4, 0.5) is 0 Å². The lowest BCUT2D eigenvalue weighted by atomic mass is 10.00. The number of aliphatic carboxylic acids is 1. The molecule has 3 rings (SSSR count). The highest BCUT2D eigenvalue weighted by Gasteiger charge is 2.30. The van der Waals surface area contributed by atoms with Gasteiger partial charge < -0.3 is 10.4 Å². The molecule has 1 aliphatic rings. The first-order valence-corrected chi connectivity index (χ1v) is 10.5. The first kappa shape index (κ1) is 22.4. The summed E-state index contributed by atoms with van der Waals surface area (Å²) in [5.74, 6) is -0.787. The standard InChI is InChI=1S/C20H24N2O4S.ClH/c23-20(24)14-21-13-16-5-4-12-22(15-16)27(25,26)19-10-8-18(9-11-19)17-6-2-1-3-7-17;/h1-3,6-11,16,21H,4-5,12-15H2,(H,23,24);1H. The molecule has 0 spiro atoms.